The fraction of sp³-hybridized carbons (Fsp3) is 0.471. The highest BCUT2D eigenvalue weighted by atomic mass is 35.5. The molecule has 6 heteroatoms. The molecule has 1 aromatic carbocycles. The molecular formula is C17H23ClFN3O. The summed E-state index contributed by atoms with van der Waals surface area (Å²) in [5, 5.41) is 3.26. The van der Waals surface area contributed by atoms with Crippen LogP contribution in [0.2, 0.25) is 0 Å². The number of hydrogen-bond acceptors (Lipinski definition) is 4. The van der Waals surface area contributed by atoms with E-state index < -0.39 is 0 Å². The van der Waals surface area contributed by atoms with E-state index in [9.17, 15) is 4.39 Å². The first-order chi connectivity index (χ1) is 10.7. The third kappa shape index (κ3) is 4.77. The molecule has 1 aliphatic heterocycles. The molecule has 0 bridgehead atoms. The van der Waals surface area contributed by atoms with Crippen molar-refractivity contribution >= 4 is 12.4 Å². The van der Waals surface area contributed by atoms with Gasteiger partial charge in [-0.05, 0) is 63.2 Å². The Kier molecular flexibility index (Phi) is 6.57. The first-order valence-electron chi connectivity index (χ1n) is 7.82. The van der Waals surface area contributed by atoms with Gasteiger partial charge in [0.1, 0.15) is 12.1 Å². The first-order valence-corrected chi connectivity index (χ1v) is 7.82. The van der Waals surface area contributed by atoms with Crippen molar-refractivity contribution in [1.29, 1.82) is 0 Å². The van der Waals surface area contributed by atoms with Gasteiger partial charge in [-0.1, -0.05) is 0 Å². The number of hydrogen-bond donors (Lipinski definition) is 1. The summed E-state index contributed by atoms with van der Waals surface area (Å²) in [4.78, 5) is 6.96. The molecule has 0 amide bonds. The second kappa shape index (κ2) is 8.43. The van der Waals surface area contributed by atoms with Gasteiger partial charge < -0.3 is 9.73 Å². The van der Waals surface area contributed by atoms with Gasteiger partial charge in [-0.3, -0.25) is 4.90 Å². The first kappa shape index (κ1) is 17.9. The quantitative estimate of drug-likeness (QED) is 0.907. The number of nitrogens with one attached hydrogen (secondary N) is 1. The molecule has 1 fully saturated rings. The van der Waals surface area contributed by atoms with Gasteiger partial charge in [-0.25, -0.2) is 9.37 Å². The normalized spacial score (nSPS) is 18.6. The van der Waals surface area contributed by atoms with Crippen molar-refractivity contribution in [1.82, 2.24) is 15.2 Å². The summed E-state index contributed by atoms with van der Waals surface area (Å²) in [7, 11) is 2.01. The molecule has 23 heavy (non-hydrogen) atoms. The molecule has 3 rings (SSSR count). The Hall–Kier alpha value is -1.43. The molecule has 0 saturated carbocycles. The van der Waals surface area contributed by atoms with Gasteiger partial charge in [0.05, 0.1) is 5.69 Å². The van der Waals surface area contributed by atoms with Crippen molar-refractivity contribution in [3.63, 3.8) is 0 Å². The highest BCUT2D eigenvalue weighted by Crippen LogP contribution is 2.21. The third-order valence-electron chi connectivity index (χ3n) is 4.12. The van der Waals surface area contributed by atoms with Gasteiger partial charge in [0.25, 0.3) is 0 Å². The largest absolute Gasteiger partial charge is 0.444 e. The maximum Gasteiger partial charge on any atom is 0.226 e. The van der Waals surface area contributed by atoms with Crippen molar-refractivity contribution in [2.75, 3.05) is 26.7 Å². The second-order valence-corrected chi connectivity index (χ2v) is 5.95. The molecule has 1 aromatic heterocycles. The van der Waals surface area contributed by atoms with E-state index in [-0.39, 0.29) is 18.2 Å². The molecule has 126 valence electrons. The van der Waals surface area contributed by atoms with E-state index in [4.69, 9.17) is 4.42 Å². The van der Waals surface area contributed by atoms with Gasteiger partial charge in [0, 0.05) is 18.7 Å². The average molecular weight is 340 g/mol. The monoisotopic (exact) mass is 339 g/mol. The van der Waals surface area contributed by atoms with Crippen LogP contribution in [0.5, 0.6) is 0 Å². The van der Waals surface area contributed by atoms with Crippen LogP contribution in [0.3, 0.4) is 0 Å². The summed E-state index contributed by atoms with van der Waals surface area (Å²) < 4.78 is 18.5. The van der Waals surface area contributed by atoms with Gasteiger partial charge in [-0.15, -0.1) is 12.4 Å². The molecule has 0 radical (unpaired) electrons. The van der Waals surface area contributed by atoms with Gasteiger partial charge in [0.15, 0.2) is 0 Å². The summed E-state index contributed by atoms with van der Waals surface area (Å²) in [6.45, 7) is 4.08. The van der Waals surface area contributed by atoms with Crippen LogP contribution >= 0.6 is 12.4 Å². The van der Waals surface area contributed by atoms with Crippen LogP contribution in [0.4, 0.5) is 4.39 Å². The molecule has 2 aromatic rings. The summed E-state index contributed by atoms with van der Waals surface area (Å²) in [6.07, 6.45) is 4.23. The molecule has 1 N–H and O–H groups in total. The van der Waals surface area contributed by atoms with Crippen molar-refractivity contribution in [3.05, 3.63) is 42.0 Å². The highest BCUT2D eigenvalue weighted by molar-refractivity contribution is 5.85. The SMILES string of the molecule is CNCC1CCCN(Cc2coc(-c3ccc(F)cc3)n2)C1.Cl. The number of aromatic nitrogens is 1. The minimum absolute atomic E-state index is 0. The van der Waals surface area contributed by atoms with Crippen molar-refractivity contribution in [2.24, 2.45) is 5.92 Å². The Balaban J connectivity index is 0.00000192. The Morgan fingerprint density at radius 1 is 1.35 bits per heavy atom. The highest BCUT2D eigenvalue weighted by Gasteiger charge is 2.20. The Bertz CT molecular complexity index is 600. The number of rotatable bonds is 5. The molecular weight excluding hydrogens is 317 g/mol. The zero-order valence-corrected chi connectivity index (χ0v) is 14.1. The molecule has 4 nitrogen and oxygen atoms in total. The number of piperidine rings is 1. The molecule has 1 atom stereocenters. The summed E-state index contributed by atoms with van der Waals surface area (Å²) in [5.41, 5.74) is 1.74. The fourth-order valence-electron chi connectivity index (χ4n) is 3.08. The Labute approximate surface area is 142 Å². The summed E-state index contributed by atoms with van der Waals surface area (Å²) in [5.74, 6) is 1.01. The lowest BCUT2D eigenvalue weighted by atomic mass is 9.98. The zero-order valence-electron chi connectivity index (χ0n) is 13.3. The third-order valence-corrected chi connectivity index (χ3v) is 4.12. The number of halogens is 2. The number of nitrogens with zero attached hydrogens (tertiary/aromatic N) is 2. The smallest absolute Gasteiger partial charge is 0.226 e. The van der Waals surface area contributed by atoms with Crippen LogP contribution in [-0.4, -0.2) is 36.6 Å². The van der Waals surface area contributed by atoms with Gasteiger partial charge in [-0.2, -0.15) is 0 Å². The Morgan fingerprint density at radius 2 is 2.13 bits per heavy atom. The molecule has 2 heterocycles. The second-order valence-electron chi connectivity index (χ2n) is 5.95. The molecule has 1 aliphatic rings. The maximum atomic E-state index is 13.0. The molecule has 1 unspecified atom stereocenters. The van der Waals surface area contributed by atoms with Crippen LogP contribution in [0.15, 0.2) is 34.9 Å². The lowest BCUT2D eigenvalue weighted by molar-refractivity contribution is 0.165. The number of likely N-dealkylation sites (tertiary alicyclic amines) is 1. The maximum absolute atomic E-state index is 13.0. The Morgan fingerprint density at radius 3 is 2.87 bits per heavy atom. The lowest BCUT2D eigenvalue weighted by Gasteiger charge is -2.32. The standard InChI is InChI=1S/C17H22FN3O.ClH/c1-19-9-13-3-2-8-21(10-13)11-16-12-22-17(20-16)14-4-6-15(18)7-5-14;/h4-7,12-13,19H,2-3,8-11H2,1H3;1H. The topological polar surface area (TPSA) is 41.3 Å². The van der Waals surface area contributed by atoms with Crippen LogP contribution in [-0.2, 0) is 6.54 Å². The van der Waals surface area contributed by atoms with E-state index in [0.717, 1.165) is 37.4 Å². The van der Waals surface area contributed by atoms with E-state index in [1.165, 1.54) is 25.0 Å². The molecule has 0 aliphatic carbocycles. The predicted octanol–water partition coefficient (Wildman–Crippen LogP) is 3.33. The lowest BCUT2D eigenvalue weighted by Crippen LogP contribution is -2.38. The van der Waals surface area contributed by atoms with Crippen LogP contribution in [0.1, 0.15) is 18.5 Å². The number of oxazole rings is 1. The molecule has 1 saturated heterocycles. The minimum atomic E-state index is -0.251. The summed E-state index contributed by atoms with van der Waals surface area (Å²) in [6, 6.07) is 6.22. The summed E-state index contributed by atoms with van der Waals surface area (Å²) >= 11 is 0. The van der Waals surface area contributed by atoms with E-state index in [0.29, 0.717) is 11.8 Å². The van der Waals surface area contributed by atoms with E-state index in [1.54, 1.807) is 18.4 Å². The van der Waals surface area contributed by atoms with Crippen molar-refractivity contribution < 1.29 is 8.81 Å². The predicted molar refractivity (Wildman–Crippen MR) is 91.1 cm³/mol. The van der Waals surface area contributed by atoms with Crippen molar-refractivity contribution in [3.8, 4) is 11.5 Å². The van der Waals surface area contributed by atoms with Crippen LogP contribution in [0.25, 0.3) is 11.5 Å². The molecule has 0 spiro atoms. The number of benzene rings is 1. The van der Waals surface area contributed by atoms with Crippen molar-refractivity contribution in [2.45, 2.75) is 19.4 Å². The minimum Gasteiger partial charge on any atom is -0.444 e. The van der Waals surface area contributed by atoms with Crippen LogP contribution in [0, 0.1) is 11.7 Å². The fourth-order valence-corrected chi connectivity index (χ4v) is 3.08. The van der Waals surface area contributed by atoms with E-state index in [2.05, 4.69) is 15.2 Å². The van der Waals surface area contributed by atoms with Crippen LogP contribution < -0.4 is 5.32 Å². The zero-order chi connectivity index (χ0) is 15.4. The van der Waals surface area contributed by atoms with Gasteiger partial charge in [0.2, 0.25) is 5.89 Å². The van der Waals surface area contributed by atoms with E-state index >= 15 is 0 Å². The van der Waals surface area contributed by atoms with Gasteiger partial charge >= 0.3 is 0 Å². The van der Waals surface area contributed by atoms with E-state index in [1.807, 2.05) is 7.05 Å². The average Bonchev–Trinajstić information content (AvgIpc) is 2.97.